The van der Waals surface area contributed by atoms with Crippen LogP contribution in [0.1, 0.15) is 17.3 Å². The van der Waals surface area contributed by atoms with Gasteiger partial charge in [0.05, 0.1) is 12.2 Å². The van der Waals surface area contributed by atoms with E-state index in [0.717, 1.165) is 16.6 Å². The van der Waals surface area contributed by atoms with Crippen LogP contribution in [0.15, 0.2) is 30.5 Å². The van der Waals surface area contributed by atoms with Crippen molar-refractivity contribution in [3.63, 3.8) is 0 Å². The number of ether oxygens (including phenoxy) is 1. The Balaban J connectivity index is 2.44. The predicted molar refractivity (Wildman–Crippen MR) is 84.7 cm³/mol. The topological polar surface area (TPSA) is 54.5 Å². The van der Waals surface area contributed by atoms with Crippen LogP contribution in [0, 0.1) is 0 Å². The molecule has 5 heteroatoms. The Hall–Kier alpha value is -2.14. The molecule has 0 aliphatic carbocycles. The van der Waals surface area contributed by atoms with E-state index < -0.39 is 0 Å². The summed E-state index contributed by atoms with van der Waals surface area (Å²) in [6.07, 6.45) is 1.64. The van der Waals surface area contributed by atoms with Crippen molar-refractivity contribution >= 4 is 22.5 Å². The van der Waals surface area contributed by atoms with Crippen LogP contribution in [0.5, 0.6) is 0 Å². The van der Waals surface area contributed by atoms with Gasteiger partial charge in [0.25, 0.3) is 5.91 Å². The highest BCUT2D eigenvalue weighted by atomic mass is 16.5. The lowest BCUT2D eigenvalue weighted by atomic mass is 10.1. The number of hydrogen-bond acceptors (Lipinski definition) is 4. The third kappa shape index (κ3) is 3.13. The first-order chi connectivity index (χ1) is 10.2. The Morgan fingerprint density at radius 1 is 1.33 bits per heavy atom. The zero-order chi connectivity index (χ0) is 15.2. The van der Waals surface area contributed by atoms with Crippen LogP contribution in [0.4, 0.5) is 5.82 Å². The lowest BCUT2D eigenvalue weighted by Gasteiger charge is -2.21. The lowest BCUT2D eigenvalue weighted by Crippen LogP contribution is -2.33. The molecule has 0 saturated heterocycles. The summed E-state index contributed by atoms with van der Waals surface area (Å²) >= 11 is 0. The van der Waals surface area contributed by atoms with Crippen LogP contribution in [-0.2, 0) is 4.74 Å². The van der Waals surface area contributed by atoms with Crippen molar-refractivity contribution in [2.24, 2.45) is 0 Å². The Morgan fingerprint density at radius 2 is 2.05 bits per heavy atom. The molecule has 0 unspecified atom stereocenters. The minimum absolute atomic E-state index is 0.0131. The Bertz CT molecular complexity index is 628. The van der Waals surface area contributed by atoms with Crippen molar-refractivity contribution in [2.45, 2.75) is 6.92 Å². The fourth-order valence-corrected chi connectivity index (χ4v) is 2.34. The number of aromatic nitrogens is 1. The van der Waals surface area contributed by atoms with E-state index in [1.54, 1.807) is 18.2 Å². The quantitative estimate of drug-likeness (QED) is 0.886. The average Bonchev–Trinajstić information content (AvgIpc) is 2.54. The largest absolute Gasteiger partial charge is 0.383 e. The number of pyridine rings is 1. The SMILES string of the molecule is CCN(CCOC)C(=O)c1cnc(NC)c2ccccc12. The van der Waals surface area contributed by atoms with Gasteiger partial charge >= 0.3 is 0 Å². The zero-order valence-corrected chi connectivity index (χ0v) is 12.7. The number of amides is 1. The molecule has 1 heterocycles. The number of nitrogens with one attached hydrogen (secondary N) is 1. The molecule has 0 bridgehead atoms. The van der Waals surface area contributed by atoms with Crippen LogP contribution >= 0.6 is 0 Å². The lowest BCUT2D eigenvalue weighted by molar-refractivity contribution is 0.0708. The van der Waals surface area contributed by atoms with E-state index in [-0.39, 0.29) is 5.91 Å². The van der Waals surface area contributed by atoms with Crippen molar-refractivity contribution in [3.8, 4) is 0 Å². The molecule has 0 aliphatic rings. The number of anilines is 1. The minimum Gasteiger partial charge on any atom is -0.383 e. The summed E-state index contributed by atoms with van der Waals surface area (Å²) in [6.45, 7) is 3.71. The number of likely N-dealkylation sites (N-methyl/N-ethyl adjacent to an activating group) is 1. The van der Waals surface area contributed by atoms with Gasteiger partial charge < -0.3 is 15.0 Å². The predicted octanol–water partition coefficient (Wildman–Crippen LogP) is 2.39. The number of carbonyl (C=O) groups is 1. The van der Waals surface area contributed by atoms with Gasteiger partial charge in [0.2, 0.25) is 0 Å². The van der Waals surface area contributed by atoms with Gasteiger partial charge in [0.1, 0.15) is 5.82 Å². The van der Waals surface area contributed by atoms with Crippen LogP contribution in [0.2, 0.25) is 0 Å². The van der Waals surface area contributed by atoms with E-state index in [0.29, 0.717) is 25.3 Å². The van der Waals surface area contributed by atoms with E-state index in [1.165, 1.54) is 0 Å². The van der Waals surface area contributed by atoms with Crippen LogP contribution in [0.25, 0.3) is 10.8 Å². The van der Waals surface area contributed by atoms with Crippen LogP contribution < -0.4 is 5.32 Å². The molecule has 0 atom stereocenters. The van der Waals surface area contributed by atoms with E-state index in [1.807, 2.05) is 38.2 Å². The number of benzene rings is 1. The smallest absolute Gasteiger partial charge is 0.256 e. The minimum atomic E-state index is -0.0131. The maximum Gasteiger partial charge on any atom is 0.256 e. The molecule has 1 aromatic heterocycles. The summed E-state index contributed by atoms with van der Waals surface area (Å²) in [5, 5.41) is 4.92. The van der Waals surface area contributed by atoms with E-state index in [9.17, 15) is 4.79 Å². The number of hydrogen-bond donors (Lipinski definition) is 1. The van der Waals surface area contributed by atoms with Crippen molar-refractivity contribution < 1.29 is 9.53 Å². The summed E-state index contributed by atoms with van der Waals surface area (Å²) < 4.78 is 5.06. The Kier molecular flexibility index (Phi) is 5.11. The van der Waals surface area contributed by atoms with Gasteiger partial charge in [-0.1, -0.05) is 24.3 Å². The summed E-state index contributed by atoms with van der Waals surface area (Å²) in [5.74, 6) is 0.767. The van der Waals surface area contributed by atoms with Gasteiger partial charge in [-0.05, 0) is 12.3 Å². The van der Waals surface area contributed by atoms with E-state index in [2.05, 4.69) is 10.3 Å². The standard InChI is InChI=1S/C16H21N3O2/c1-4-19(9-10-21-3)16(20)14-11-18-15(17-2)13-8-6-5-7-12(13)14/h5-8,11H,4,9-10H2,1-3H3,(H,17,18). The van der Waals surface area contributed by atoms with Crippen molar-refractivity contribution in [1.82, 2.24) is 9.88 Å². The number of nitrogens with zero attached hydrogens (tertiary/aromatic N) is 2. The zero-order valence-electron chi connectivity index (χ0n) is 12.7. The molecule has 2 aromatic rings. The molecule has 21 heavy (non-hydrogen) atoms. The molecule has 1 amide bonds. The third-order valence-electron chi connectivity index (χ3n) is 3.50. The molecule has 0 saturated carbocycles. The van der Waals surface area contributed by atoms with Gasteiger partial charge in [0.15, 0.2) is 0 Å². The molecule has 2 rings (SSSR count). The summed E-state index contributed by atoms with van der Waals surface area (Å²) in [5.41, 5.74) is 0.627. The first-order valence-electron chi connectivity index (χ1n) is 7.06. The van der Waals surface area contributed by atoms with Gasteiger partial charge in [-0.15, -0.1) is 0 Å². The Labute approximate surface area is 124 Å². The first-order valence-corrected chi connectivity index (χ1v) is 7.06. The number of rotatable bonds is 6. The summed E-state index contributed by atoms with van der Waals surface area (Å²) in [6, 6.07) is 7.80. The van der Waals surface area contributed by atoms with Gasteiger partial charge in [-0.3, -0.25) is 4.79 Å². The van der Waals surface area contributed by atoms with Crippen molar-refractivity contribution in [1.29, 1.82) is 0 Å². The maximum atomic E-state index is 12.7. The fourth-order valence-electron chi connectivity index (χ4n) is 2.34. The average molecular weight is 287 g/mol. The molecule has 0 spiro atoms. The van der Waals surface area contributed by atoms with Gasteiger partial charge in [-0.2, -0.15) is 0 Å². The van der Waals surface area contributed by atoms with Crippen LogP contribution in [0.3, 0.4) is 0 Å². The summed E-state index contributed by atoms with van der Waals surface area (Å²) in [4.78, 5) is 18.8. The number of carbonyl (C=O) groups excluding carboxylic acids is 1. The normalized spacial score (nSPS) is 10.6. The third-order valence-corrected chi connectivity index (χ3v) is 3.50. The second-order valence-corrected chi connectivity index (χ2v) is 4.69. The number of methoxy groups -OCH3 is 1. The molecule has 112 valence electrons. The van der Waals surface area contributed by atoms with Crippen molar-refractivity contribution in [2.75, 3.05) is 39.2 Å². The van der Waals surface area contributed by atoms with E-state index >= 15 is 0 Å². The maximum absolute atomic E-state index is 12.7. The monoisotopic (exact) mass is 287 g/mol. The van der Waals surface area contributed by atoms with Gasteiger partial charge in [-0.25, -0.2) is 4.98 Å². The second-order valence-electron chi connectivity index (χ2n) is 4.69. The van der Waals surface area contributed by atoms with Gasteiger partial charge in [0, 0.05) is 38.8 Å². The fraction of sp³-hybridized carbons (Fsp3) is 0.375. The molecule has 0 aliphatic heterocycles. The molecule has 5 nitrogen and oxygen atoms in total. The Morgan fingerprint density at radius 3 is 2.67 bits per heavy atom. The van der Waals surface area contributed by atoms with Crippen LogP contribution in [-0.4, -0.2) is 49.6 Å². The first kappa shape index (κ1) is 15.3. The number of fused-ring (bicyclic) bond motifs is 1. The molecular weight excluding hydrogens is 266 g/mol. The second kappa shape index (κ2) is 7.04. The van der Waals surface area contributed by atoms with E-state index in [4.69, 9.17) is 4.74 Å². The molecule has 1 aromatic carbocycles. The molecule has 1 N–H and O–H groups in total. The highest BCUT2D eigenvalue weighted by molar-refractivity contribution is 6.09. The molecule has 0 fully saturated rings. The highest BCUT2D eigenvalue weighted by Gasteiger charge is 2.18. The summed E-state index contributed by atoms with van der Waals surface area (Å²) in [7, 11) is 3.46. The highest BCUT2D eigenvalue weighted by Crippen LogP contribution is 2.25. The van der Waals surface area contributed by atoms with Crippen molar-refractivity contribution in [3.05, 3.63) is 36.0 Å². The molecule has 0 radical (unpaired) electrons. The molecular formula is C16H21N3O2.